The van der Waals surface area contributed by atoms with E-state index >= 15 is 0 Å². The van der Waals surface area contributed by atoms with Crippen LogP contribution in [-0.2, 0) is 4.79 Å². The summed E-state index contributed by atoms with van der Waals surface area (Å²) in [7, 11) is 0. The summed E-state index contributed by atoms with van der Waals surface area (Å²) < 4.78 is 0. The van der Waals surface area contributed by atoms with E-state index in [4.69, 9.17) is 5.73 Å². The lowest BCUT2D eigenvalue weighted by Gasteiger charge is -2.28. The fourth-order valence-electron chi connectivity index (χ4n) is 1.15. The minimum atomic E-state index is -0.319. The zero-order valence-corrected chi connectivity index (χ0v) is 9.72. The fraction of sp³-hybridized carbons (Fsp3) is 0.909. The van der Waals surface area contributed by atoms with Crippen LogP contribution in [0, 0.1) is 17.3 Å². The Bertz CT molecular complexity index is 179. The normalized spacial score (nSPS) is 17.2. The van der Waals surface area contributed by atoms with Crippen LogP contribution in [0.2, 0.25) is 0 Å². The molecule has 0 saturated heterocycles. The van der Waals surface area contributed by atoms with E-state index in [9.17, 15) is 4.79 Å². The molecule has 0 unspecified atom stereocenters. The number of Topliss-reactive ketones (excluding diaryl/α,β-unsaturated/α-hetero) is 1. The summed E-state index contributed by atoms with van der Waals surface area (Å²) in [6.07, 6.45) is 0. The van der Waals surface area contributed by atoms with Crippen molar-refractivity contribution in [2.75, 3.05) is 0 Å². The Labute approximate surface area is 81.9 Å². The molecule has 0 spiro atoms. The molecule has 0 aliphatic heterocycles. The molecular weight excluding hydrogens is 162 g/mol. The Morgan fingerprint density at radius 3 is 1.77 bits per heavy atom. The Balaban J connectivity index is 4.44. The first-order valence-electron chi connectivity index (χ1n) is 4.97. The highest BCUT2D eigenvalue weighted by Gasteiger charge is 2.31. The molecule has 0 aromatic carbocycles. The van der Waals surface area contributed by atoms with Crippen molar-refractivity contribution in [3.8, 4) is 0 Å². The molecule has 0 amide bonds. The first-order valence-corrected chi connectivity index (χ1v) is 4.97. The van der Waals surface area contributed by atoms with Crippen molar-refractivity contribution in [2.24, 2.45) is 23.0 Å². The van der Waals surface area contributed by atoms with Crippen molar-refractivity contribution in [1.82, 2.24) is 0 Å². The summed E-state index contributed by atoms with van der Waals surface area (Å²) >= 11 is 0. The molecule has 0 fully saturated rings. The molecule has 78 valence electrons. The van der Waals surface area contributed by atoms with Crippen molar-refractivity contribution in [1.29, 1.82) is 0 Å². The van der Waals surface area contributed by atoms with Crippen molar-refractivity contribution >= 4 is 5.78 Å². The molecule has 2 atom stereocenters. The third kappa shape index (κ3) is 3.47. The summed E-state index contributed by atoms with van der Waals surface area (Å²) in [6.45, 7) is 12.0. The Morgan fingerprint density at radius 2 is 1.54 bits per heavy atom. The second kappa shape index (κ2) is 4.23. The van der Waals surface area contributed by atoms with Gasteiger partial charge in [0.1, 0.15) is 0 Å². The number of hydrogen-bond acceptors (Lipinski definition) is 2. The molecule has 0 rings (SSSR count). The first kappa shape index (κ1) is 12.6. The molecule has 0 aromatic heterocycles. The van der Waals surface area contributed by atoms with Gasteiger partial charge in [0.15, 0.2) is 5.78 Å². The van der Waals surface area contributed by atoms with Crippen molar-refractivity contribution in [2.45, 2.75) is 47.6 Å². The first-order chi connectivity index (χ1) is 5.68. The van der Waals surface area contributed by atoms with Crippen molar-refractivity contribution in [3.05, 3.63) is 0 Å². The van der Waals surface area contributed by atoms with Crippen LogP contribution in [0.1, 0.15) is 41.5 Å². The standard InChI is InChI=1S/C11H23NO/c1-7(2)8(3)9(12)10(13)11(4,5)6/h7-9H,12H2,1-6H3/t8-,9-/m0/s1. The van der Waals surface area contributed by atoms with Crippen molar-refractivity contribution < 1.29 is 4.79 Å². The van der Waals surface area contributed by atoms with E-state index in [1.165, 1.54) is 0 Å². The molecule has 2 nitrogen and oxygen atoms in total. The molecular formula is C11H23NO. The zero-order chi connectivity index (χ0) is 10.8. The van der Waals surface area contributed by atoms with Gasteiger partial charge < -0.3 is 5.73 Å². The van der Waals surface area contributed by atoms with Crippen molar-refractivity contribution in [3.63, 3.8) is 0 Å². The molecule has 2 heteroatoms. The lowest BCUT2D eigenvalue weighted by atomic mass is 9.79. The maximum Gasteiger partial charge on any atom is 0.155 e. The Kier molecular flexibility index (Phi) is 4.11. The molecule has 0 heterocycles. The van der Waals surface area contributed by atoms with Crippen LogP contribution in [0.5, 0.6) is 0 Å². The van der Waals surface area contributed by atoms with E-state index in [0.29, 0.717) is 5.92 Å². The summed E-state index contributed by atoms with van der Waals surface area (Å²) in [5.41, 5.74) is 5.58. The second-order valence-electron chi connectivity index (χ2n) is 5.24. The SMILES string of the molecule is CC(C)[C@H](C)[C@H](N)C(=O)C(C)(C)C. The average molecular weight is 185 g/mol. The molecule has 0 aromatic rings. The Morgan fingerprint density at radius 1 is 1.15 bits per heavy atom. The smallest absolute Gasteiger partial charge is 0.155 e. The number of hydrogen-bond donors (Lipinski definition) is 1. The fourth-order valence-corrected chi connectivity index (χ4v) is 1.15. The summed E-state index contributed by atoms with van der Waals surface area (Å²) in [6, 6.07) is -0.319. The van der Waals surface area contributed by atoms with Crippen LogP contribution in [0.3, 0.4) is 0 Å². The van der Waals surface area contributed by atoms with Gasteiger partial charge in [-0.1, -0.05) is 41.5 Å². The number of nitrogens with two attached hydrogens (primary N) is 1. The summed E-state index contributed by atoms with van der Waals surface area (Å²) in [5, 5.41) is 0. The van der Waals surface area contributed by atoms with Gasteiger partial charge in [0.25, 0.3) is 0 Å². The molecule has 0 bridgehead atoms. The maximum atomic E-state index is 11.8. The van der Waals surface area contributed by atoms with Crippen LogP contribution in [0.25, 0.3) is 0 Å². The van der Waals surface area contributed by atoms with Gasteiger partial charge in [-0.25, -0.2) is 0 Å². The number of carbonyl (C=O) groups is 1. The third-order valence-corrected chi connectivity index (χ3v) is 2.66. The highest BCUT2D eigenvalue weighted by Crippen LogP contribution is 2.22. The van der Waals surface area contributed by atoms with Gasteiger partial charge >= 0.3 is 0 Å². The highest BCUT2D eigenvalue weighted by molar-refractivity contribution is 5.88. The predicted octanol–water partition coefficient (Wildman–Crippen LogP) is 2.22. The van der Waals surface area contributed by atoms with Gasteiger partial charge in [-0.05, 0) is 11.8 Å². The van der Waals surface area contributed by atoms with Gasteiger partial charge in [-0.3, -0.25) is 4.79 Å². The molecule has 13 heavy (non-hydrogen) atoms. The predicted molar refractivity (Wildman–Crippen MR) is 56.4 cm³/mol. The molecule has 0 aliphatic carbocycles. The lowest BCUT2D eigenvalue weighted by Crippen LogP contribution is -2.44. The topological polar surface area (TPSA) is 43.1 Å². The minimum absolute atomic E-state index is 0.161. The number of carbonyl (C=O) groups excluding carboxylic acids is 1. The van der Waals surface area contributed by atoms with E-state index in [-0.39, 0.29) is 23.2 Å². The zero-order valence-electron chi connectivity index (χ0n) is 9.72. The van der Waals surface area contributed by atoms with E-state index in [1.54, 1.807) is 0 Å². The molecule has 2 N–H and O–H groups in total. The van der Waals surface area contributed by atoms with E-state index < -0.39 is 0 Å². The Hall–Kier alpha value is -0.370. The summed E-state index contributed by atoms with van der Waals surface area (Å²) in [5.74, 6) is 0.877. The van der Waals surface area contributed by atoms with Gasteiger partial charge in [-0.15, -0.1) is 0 Å². The lowest BCUT2D eigenvalue weighted by molar-refractivity contribution is -0.129. The quantitative estimate of drug-likeness (QED) is 0.732. The van der Waals surface area contributed by atoms with Crippen LogP contribution in [0.4, 0.5) is 0 Å². The van der Waals surface area contributed by atoms with Crippen LogP contribution < -0.4 is 5.73 Å². The van der Waals surface area contributed by atoms with Gasteiger partial charge in [0, 0.05) is 5.41 Å². The largest absolute Gasteiger partial charge is 0.321 e. The van der Waals surface area contributed by atoms with E-state index in [0.717, 1.165) is 0 Å². The maximum absolute atomic E-state index is 11.8. The van der Waals surface area contributed by atoms with Gasteiger partial charge in [0.2, 0.25) is 0 Å². The van der Waals surface area contributed by atoms with Crippen LogP contribution >= 0.6 is 0 Å². The molecule has 0 aliphatic rings. The van der Waals surface area contributed by atoms with Gasteiger partial charge in [0.05, 0.1) is 6.04 Å². The van der Waals surface area contributed by atoms with Crippen LogP contribution in [-0.4, -0.2) is 11.8 Å². The van der Waals surface area contributed by atoms with E-state index in [1.807, 2.05) is 27.7 Å². The van der Waals surface area contributed by atoms with Gasteiger partial charge in [-0.2, -0.15) is 0 Å². The molecule has 0 radical (unpaired) electrons. The second-order valence-corrected chi connectivity index (χ2v) is 5.24. The number of ketones is 1. The third-order valence-electron chi connectivity index (χ3n) is 2.66. The average Bonchev–Trinajstić information content (AvgIpc) is 1.98. The monoisotopic (exact) mass is 185 g/mol. The minimum Gasteiger partial charge on any atom is -0.321 e. The highest BCUT2D eigenvalue weighted by atomic mass is 16.1. The van der Waals surface area contributed by atoms with E-state index in [2.05, 4.69) is 13.8 Å². The summed E-state index contributed by atoms with van der Waals surface area (Å²) in [4.78, 5) is 11.8. The number of rotatable bonds is 3. The van der Waals surface area contributed by atoms with Crippen LogP contribution in [0.15, 0.2) is 0 Å². The molecule has 0 saturated carbocycles.